The standard InChI is InChI=1S/C31H32N2O5/c1-22(34)32-19-27(16-25-17-28(36-2)31-29(18-25)37-21-38-31)33(20-26(32)15-24-11-7-4-8-12-24)30(35)14-13-23-9-5-3-6-10-23/h3-14,17-18,26-27H,15-16,19-21H2,1-2H3/b14-13+/t26-,27-/m0/s1. The first-order valence-electron chi connectivity index (χ1n) is 12.8. The van der Waals surface area contributed by atoms with Crippen molar-refractivity contribution < 1.29 is 23.8 Å². The van der Waals surface area contributed by atoms with Gasteiger partial charge in [-0.15, -0.1) is 0 Å². The summed E-state index contributed by atoms with van der Waals surface area (Å²) in [6.45, 7) is 2.63. The third-order valence-electron chi connectivity index (χ3n) is 7.11. The van der Waals surface area contributed by atoms with Gasteiger partial charge in [-0.3, -0.25) is 9.59 Å². The van der Waals surface area contributed by atoms with E-state index in [9.17, 15) is 9.59 Å². The summed E-state index contributed by atoms with van der Waals surface area (Å²) in [7, 11) is 1.59. The summed E-state index contributed by atoms with van der Waals surface area (Å²) in [6, 6.07) is 23.4. The lowest BCUT2D eigenvalue weighted by atomic mass is 9.95. The van der Waals surface area contributed by atoms with E-state index in [1.807, 2.05) is 76.5 Å². The van der Waals surface area contributed by atoms with Crippen molar-refractivity contribution >= 4 is 17.9 Å². The monoisotopic (exact) mass is 512 g/mol. The molecule has 0 saturated carbocycles. The third-order valence-corrected chi connectivity index (χ3v) is 7.11. The van der Waals surface area contributed by atoms with Gasteiger partial charge < -0.3 is 24.0 Å². The summed E-state index contributed by atoms with van der Waals surface area (Å²) in [4.78, 5) is 30.2. The van der Waals surface area contributed by atoms with Crippen LogP contribution in [0.2, 0.25) is 0 Å². The molecule has 7 heteroatoms. The van der Waals surface area contributed by atoms with Gasteiger partial charge in [0.1, 0.15) is 0 Å². The molecule has 3 aromatic carbocycles. The Kier molecular flexibility index (Phi) is 7.63. The minimum atomic E-state index is -0.219. The number of nitrogens with zero attached hydrogens (tertiary/aromatic N) is 2. The number of hydrogen-bond donors (Lipinski definition) is 0. The molecule has 38 heavy (non-hydrogen) atoms. The summed E-state index contributed by atoms with van der Waals surface area (Å²) < 4.78 is 16.7. The number of rotatable bonds is 7. The molecule has 2 amide bonds. The number of benzene rings is 3. The molecule has 0 unspecified atom stereocenters. The minimum absolute atomic E-state index is 0.00567. The lowest BCUT2D eigenvalue weighted by molar-refractivity contribution is -0.142. The van der Waals surface area contributed by atoms with Crippen LogP contribution in [0.5, 0.6) is 17.2 Å². The number of piperazine rings is 1. The van der Waals surface area contributed by atoms with Gasteiger partial charge >= 0.3 is 0 Å². The lowest BCUT2D eigenvalue weighted by Gasteiger charge is -2.46. The highest BCUT2D eigenvalue weighted by Crippen LogP contribution is 2.42. The van der Waals surface area contributed by atoms with Crippen molar-refractivity contribution in [1.82, 2.24) is 9.80 Å². The zero-order valence-electron chi connectivity index (χ0n) is 21.7. The van der Waals surface area contributed by atoms with Crippen molar-refractivity contribution in [3.05, 3.63) is 95.6 Å². The molecule has 1 saturated heterocycles. The molecule has 2 heterocycles. The molecule has 2 aliphatic heterocycles. The number of carbonyl (C=O) groups is 2. The van der Waals surface area contributed by atoms with E-state index in [4.69, 9.17) is 14.2 Å². The molecule has 0 aliphatic carbocycles. The zero-order valence-corrected chi connectivity index (χ0v) is 21.7. The number of ether oxygens (including phenoxy) is 3. The average molecular weight is 513 g/mol. The molecule has 2 atom stereocenters. The van der Waals surface area contributed by atoms with E-state index in [2.05, 4.69) is 12.1 Å². The molecule has 3 aromatic rings. The van der Waals surface area contributed by atoms with Crippen LogP contribution >= 0.6 is 0 Å². The minimum Gasteiger partial charge on any atom is -0.493 e. The summed E-state index contributed by atoms with van der Waals surface area (Å²) in [6.07, 6.45) is 4.69. The van der Waals surface area contributed by atoms with Gasteiger partial charge in [-0.1, -0.05) is 60.7 Å². The quantitative estimate of drug-likeness (QED) is 0.441. The van der Waals surface area contributed by atoms with Gasteiger partial charge in [0.25, 0.3) is 0 Å². The van der Waals surface area contributed by atoms with Crippen molar-refractivity contribution in [1.29, 1.82) is 0 Å². The second kappa shape index (κ2) is 11.4. The van der Waals surface area contributed by atoms with Crippen molar-refractivity contribution in [2.24, 2.45) is 0 Å². The van der Waals surface area contributed by atoms with Gasteiger partial charge in [-0.05, 0) is 47.7 Å². The normalized spacial score (nSPS) is 18.6. The Hall–Kier alpha value is -4.26. The summed E-state index contributed by atoms with van der Waals surface area (Å²) >= 11 is 0. The maximum Gasteiger partial charge on any atom is 0.246 e. The Balaban J connectivity index is 1.44. The predicted octanol–water partition coefficient (Wildman–Crippen LogP) is 4.35. The Morgan fingerprint density at radius 1 is 0.895 bits per heavy atom. The van der Waals surface area contributed by atoms with Crippen molar-refractivity contribution in [3.8, 4) is 17.2 Å². The van der Waals surface area contributed by atoms with E-state index < -0.39 is 0 Å². The molecule has 2 aliphatic rings. The van der Waals surface area contributed by atoms with E-state index in [0.717, 1.165) is 16.7 Å². The fourth-order valence-electron chi connectivity index (χ4n) is 5.24. The third kappa shape index (κ3) is 5.67. The van der Waals surface area contributed by atoms with Gasteiger partial charge in [-0.25, -0.2) is 0 Å². The molecule has 0 radical (unpaired) electrons. The number of fused-ring (bicyclic) bond motifs is 1. The van der Waals surface area contributed by atoms with E-state index in [-0.39, 0.29) is 30.7 Å². The average Bonchev–Trinajstić information content (AvgIpc) is 3.41. The second-order valence-electron chi connectivity index (χ2n) is 9.64. The molecule has 0 N–H and O–H groups in total. The topological polar surface area (TPSA) is 68.3 Å². The smallest absolute Gasteiger partial charge is 0.246 e. The maximum atomic E-state index is 13.6. The van der Waals surface area contributed by atoms with Crippen LogP contribution in [0.1, 0.15) is 23.6 Å². The lowest BCUT2D eigenvalue weighted by Crippen LogP contribution is -2.61. The van der Waals surface area contributed by atoms with Crippen LogP contribution < -0.4 is 14.2 Å². The van der Waals surface area contributed by atoms with Crippen molar-refractivity contribution in [2.45, 2.75) is 31.8 Å². The Labute approximate surface area is 223 Å². The first kappa shape index (κ1) is 25.4. The zero-order chi connectivity index (χ0) is 26.5. The number of methoxy groups -OCH3 is 1. The van der Waals surface area contributed by atoms with Crippen molar-refractivity contribution in [2.75, 3.05) is 27.0 Å². The van der Waals surface area contributed by atoms with Crippen LogP contribution in [0.15, 0.2) is 78.9 Å². The number of hydrogen-bond acceptors (Lipinski definition) is 5. The number of carbonyl (C=O) groups excluding carboxylic acids is 2. The van der Waals surface area contributed by atoms with Gasteiger partial charge in [-0.2, -0.15) is 0 Å². The molecule has 0 aromatic heterocycles. The first-order valence-corrected chi connectivity index (χ1v) is 12.8. The summed E-state index contributed by atoms with van der Waals surface area (Å²) in [5, 5.41) is 0. The van der Waals surface area contributed by atoms with Crippen LogP contribution in [0.3, 0.4) is 0 Å². The Bertz CT molecular complexity index is 1310. The maximum absolute atomic E-state index is 13.6. The molecular weight excluding hydrogens is 480 g/mol. The Morgan fingerprint density at radius 3 is 2.26 bits per heavy atom. The fourth-order valence-corrected chi connectivity index (χ4v) is 5.24. The highest BCUT2D eigenvalue weighted by molar-refractivity contribution is 5.92. The van der Waals surface area contributed by atoms with E-state index in [1.165, 1.54) is 0 Å². The molecular formula is C31H32N2O5. The highest BCUT2D eigenvalue weighted by atomic mass is 16.7. The first-order chi connectivity index (χ1) is 18.5. The van der Waals surface area contributed by atoms with Gasteiger partial charge in [0, 0.05) is 26.1 Å². The van der Waals surface area contributed by atoms with E-state index in [1.54, 1.807) is 20.1 Å². The van der Waals surface area contributed by atoms with Gasteiger partial charge in [0.2, 0.25) is 24.4 Å². The number of amides is 2. The largest absolute Gasteiger partial charge is 0.493 e. The van der Waals surface area contributed by atoms with Crippen molar-refractivity contribution in [3.63, 3.8) is 0 Å². The van der Waals surface area contributed by atoms with Crippen LogP contribution in [0.4, 0.5) is 0 Å². The Morgan fingerprint density at radius 2 is 1.55 bits per heavy atom. The van der Waals surface area contributed by atoms with E-state index >= 15 is 0 Å². The van der Waals surface area contributed by atoms with E-state index in [0.29, 0.717) is 43.2 Å². The predicted molar refractivity (Wildman–Crippen MR) is 145 cm³/mol. The molecule has 7 nitrogen and oxygen atoms in total. The molecule has 5 rings (SSSR count). The summed E-state index contributed by atoms with van der Waals surface area (Å²) in [5.74, 6) is 1.74. The van der Waals surface area contributed by atoms with Gasteiger partial charge in [0.15, 0.2) is 11.5 Å². The van der Waals surface area contributed by atoms with Crippen LogP contribution in [-0.4, -0.2) is 60.7 Å². The highest BCUT2D eigenvalue weighted by Gasteiger charge is 2.37. The fraction of sp³-hybridized carbons (Fsp3) is 0.290. The SMILES string of the molecule is COc1cc(C[C@H]2CN(C(C)=O)[C@@H](Cc3ccccc3)CN2C(=O)/C=C/c2ccccc2)cc2c1OCO2. The summed E-state index contributed by atoms with van der Waals surface area (Å²) in [5.41, 5.74) is 3.04. The molecule has 0 spiro atoms. The van der Waals surface area contributed by atoms with Crippen LogP contribution in [-0.2, 0) is 22.4 Å². The molecule has 1 fully saturated rings. The van der Waals surface area contributed by atoms with Crippen LogP contribution in [0, 0.1) is 0 Å². The van der Waals surface area contributed by atoms with Gasteiger partial charge in [0.05, 0.1) is 19.2 Å². The van der Waals surface area contributed by atoms with Crippen LogP contribution in [0.25, 0.3) is 6.08 Å². The second-order valence-corrected chi connectivity index (χ2v) is 9.64. The molecule has 0 bridgehead atoms. The molecule has 196 valence electrons.